The predicted octanol–water partition coefficient (Wildman–Crippen LogP) is 7.24. The normalized spacial score (nSPS) is 21.0. The van der Waals surface area contributed by atoms with E-state index in [1.807, 2.05) is 6.08 Å². The summed E-state index contributed by atoms with van der Waals surface area (Å²) in [5.74, 6) is -0.00126. The number of amidine groups is 1. The lowest BCUT2D eigenvalue weighted by Gasteiger charge is -2.43. The van der Waals surface area contributed by atoms with Crippen LogP contribution >= 0.6 is 11.8 Å². The molecule has 0 spiro atoms. The number of esters is 1. The number of carbonyl (C=O) groups excluding carboxylic acids is 2. The zero-order chi connectivity index (χ0) is 29.3. The average molecular weight is 586 g/mol. The van der Waals surface area contributed by atoms with Crippen LogP contribution < -0.4 is 10.2 Å². The molecular formula is C36H31N3O3S. The Bertz CT molecular complexity index is 1680. The molecule has 0 aliphatic carbocycles. The molecule has 1 saturated heterocycles. The molecule has 6 nitrogen and oxygen atoms in total. The van der Waals surface area contributed by atoms with Gasteiger partial charge >= 0.3 is 5.97 Å². The first-order chi connectivity index (χ1) is 21.1. The molecule has 0 bridgehead atoms. The maximum absolute atomic E-state index is 12.9. The standard InChI is InChI=1S/C36H31N3O3S/c1-42-35(41)26-14-12-23(13-15-26)20-32-34(40)38-36(43-32)37-27-21-30-28(24-8-4-2-5-9-24)16-18-39-19-17-29(31(22-27)33(30)39)25-10-6-3-7-11-25/h2-15,20-22,28-29H,16-19H2,1H3,(H,37,38,40)/b32-20-/t28-,29+. The highest BCUT2D eigenvalue weighted by Crippen LogP contribution is 2.50. The van der Waals surface area contributed by atoms with Crippen molar-refractivity contribution in [3.8, 4) is 0 Å². The van der Waals surface area contributed by atoms with E-state index in [1.54, 1.807) is 24.3 Å². The van der Waals surface area contributed by atoms with Crippen LogP contribution in [0.3, 0.4) is 0 Å². The third kappa shape index (κ3) is 5.37. The molecule has 43 heavy (non-hydrogen) atoms. The van der Waals surface area contributed by atoms with Gasteiger partial charge in [0.1, 0.15) is 0 Å². The van der Waals surface area contributed by atoms with Gasteiger partial charge in [-0.15, -0.1) is 0 Å². The molecule has 1 amide bonds. The summed E-state index contributed by atoms with van der Waals surface area (Å²) in [7, 11) is 1.36. The number of rotatable bonds is 5. The second kappa shape index (κ2) is 11.6. The summed E-state index contributed by atoms with van der Waals surface area (Å²) in [6, 6.07) is 33.0. The van der Waals surface area contributed by atoms with Crippen LogP contribution in [0.4, 0.5) is 11.4 Å². The number of benzene rings is 4. The number of methoxy groups -OCH3 is 1. The van der Waals surface area contributed by atoms with E-state index < -0.39 is 5.97 Å². The SMILES string of the molecule is COC(=O)c1ccc(/C=C2\SC(=Nc3cc4c5c(c3)[C@H](c3ccccc3)CCN5CC[C@@H]4c3ccccc3)NC2=O)cc1. The molecule has 0 unspecified atom stereocenters. The molecule has 0 aromatic heterocycles. The van der Waals surface area contributed by atoms with Gasteiger partial charge in [-0.3, -0.25) is 4.79 Å². The summed E-state index contributed by atoms with van der Waals surface area (Å²) in [6.45, 7) is 2.07. The van der Waals surface area contributed by atoms with Crippen LogP contribution in [0.15, 0.2) is 107 Å². The van der Waals surface area contributed by atoms with Gasteiger partial charge in [0, 0.05) is 30.6 Å². The molecule has 4 aromatic carbocycles. The summed E-state index contributed by atoms with van der Waals surface area (Å²) in [5.41, 5.74) is 8.76. The van der Waals surface area contributed by atoms with Crippen molar-refractivity contribution < 1.29 is 14.3 Å². The van der Waals surface area contributed by atoms with Crippen molar-refractivity contribution in [1.29, 1.82) is 0 Å². The number of nitrogens with zero attached hydrogens (tertiary/aromatic N) is 2. The highest BCUT2D eigenvalue weighted by atomic mass is 32.2. The van der Waals surface area contributed by atoms with Crippen LogP contribution in [0.5, 0.6) is 0 Å². The molecule has 3 aliphatic heterocycles. The van der Waals surface area contributed by atoms with Gasteiger partial charge in [-0.05, 0) is 82.8 Å². The van der Waals surface area contributed by atoms with E-state index in [-0.39, 0.29) is 17.7 Å². The Kier molecular flexibility index (Phi) is 7.33. The number of carbonyl (C=O) groups is 2. The average Bonchev–Trinajstić information content (AvgIpc) is 3.39. The Morgan fingerprint density at radius 3 is 2.02 bits per heavy atom. The van der Waals surface area contributed by atoms with Crippen LogP contribution in [0, 0.1) is 0 Å². The fourth-order valence-electron chi connectivity index (χ4n) is 6.49. The molecule has 0 saturated carbocycles. The second-order valence-electron chi connectivity index (χ2n) is 11.1. The predicted molar refractivity (Wildman–Crippen MR) is 173 cm³/mol. The summed E-state index contributed by atoms with van der Waals surface area (Å²) in [4.78, 5) is 32.8. The molecule has 4 aromatic rings. The van der Waals surface area contributed by atoms with Gasteiger partial charge in [0.05, 0.1) is 23.3 Å². The van der Waals surface area contributed by atoms with Gasteiger partial charge in [0.2, 0.25) is 0 Å². The number of hydrogen-bond acceptors (Lipinski definition) is 6. The number of ether oxygens (including phenoxy) is 1. The Hall–Kier alpha value is -4.62. The smallest absolute Gasteiger partial charge is 0.337 e. The lowest BCUT2D eigenvalue weighted by molar-refractivity contribution is -0.115. The highest BCUT2D eigenvalue weighted by Gasteiger charge is 2.35. The number of aliphatic imine (C=N–C) groups is 1. The first-order valence-corrected chi connectivity index (χ1v) is 15.4. The molecule has 0 radical (unpaired) electrons. The van der Waals surface area contributed by atoms with Crippen LogP contribution in [-0.4, -0.2) is 37.2 Å². The van der Waals surface area contributed by atoms with Crippen molar-refractivity contribution in [2.24, 2.45) is 4.99 Å². The first-order valence-electron chi connectivity index (χ1n) is 14.6. The zero-order valence-corrected chi connectivity index (χ0v) is 24.6. The van der Waals surface area contributed by atoms with Gasteiger partial charge in [0.15, 0.2) is 5.17 Å². The van der Waals surface area contributed by atoms with E-state index in [0.717, 1.165) is 37.2 Å². The van der Waals surface area contributed by atoms with E-state index in [9.17, 15) is 9.59 Å². The molecular weight excluding hydrogens is 554 g/mol. The van der Waals surface area contributed by atoms with E-state index in [4.69, 9.17) is 9.73 Å². The van der Waals surface area contributed by atoms with Gasteiger partial charge in [0.25, 0.3) is 5.91 Å². The van der Waals surface area contributed by atoms with Crippen LogP contribution in [-0.2, 0) is 9.53 Å². The van der Waals surface area contributed by atoms with Crippen molar-refractivity contribution in [3.63, 3.8) is 0 Å². The molecule has 2 atom stereocenters. The van der Waals surface area contributed by atoms with E-state index in [1.165, 1.54) is 46.8 Å². The van der Waals surface area contributed by atoms with Crippen molar-refractivity contribution >= 4 is 46.3 Å². The Morgan fingerprint density at radius 2 is 1.47 bits per heavy atom. The summed E-state index contributed by atoms with van der Waals surface area (Å²) in [6.07, 6.45) is 3.92. The highest BCUT2D eigenvalue weighted by molar-refractivity contribution is 8.18. The number of hydrogen-bond donors (Lipinski definition) is 1. The van der Waals surface area contributed by atoms with Crippen LogP contribution in [0.1, 0.15) is 62.9 Å². The zero-order valence-electron chi connectivity index (χ0n) is 23.8. The van der Waals surface area contributed by atoms with Crippen LogP contribution in [0.25, 0.3) is 6.08 Å². The van der Waals surface area contributed by atoms with E-state index in [0.29, 0.717) is 15.6 Å². The van der Waals surface area contributed by atoms with Crippen molar-refractivity contribution in [2.75, 3.05) is 25.1 Å². The van der Waals surface area contributed by atoms with E-state index in [2.05, 4.69) is 83.0 Å². The number of thioether (sulfide) groups is 1. The number of amides is 1. The van der Waals surface area contributed by atoms with Gasteiger partial charge in [-0.25, -0.2) is 9.79 Å². The number of nitrogens with one attached hydrogen (secondary N) is 1. The monoisotopic (exact) mass is 585 g/mol. The summed E-state index contributed by atoms with van der Waals surface area (Å²) >= 11 is 1.33. The molecule has 7 heteroatoms. The fraction of sp³-hybridized carbons (Fsp3) is 0.194. The summed E-state index contributed by atoms with van der Waals surface area (Å²) < 4.78 is 4.78. The third-order valence-electron chi connectivity index (χ3n) is 8.51. The topological polar surface area (TPSA) is 71.0 Å². The Balaban J connectivity index is 1.27. The minimum atomic E-state index is -0.391. The van der Waals surface area contributed by atoms with Gasteiger partial charge < -0.3 is 15.0 Å². The van der Waals surface area contributed by atoms with Gasteiger partial charge in [-0.1, -0.05) is 72.8 Å². The van der Waals surface area contributed by atoms with Crippen molar-refractivity contribution in [1.82, 2.24) is 5.32 Å². The van der Waals surface area contributed by atoms with Crippen LogP contribution in [0.2, 0.25) is 0 Å². The summed E-state index contributed by atoms with van der Waals surface area (Å²) in [5, 5.41) is 3.52. The third-order valence-corrected chi connectivity index (χ3v) is 9.42. The minimum Gasteiger partial charge on any atom is -0.465 e. The molecule has 1 fully saturated rings. The molecule has 3 heterocycles. The van der Waals surface area contributed by atoms with Gasteiger partial charge in [-0.2, -0.15) is 0 Å². The molecule has 7 rings (SSSR count). The number of anilines is 1. The molecule has 214 valence electrons. The minimum absolute atomic E-state index is 0.185. The lowest BCUT2D eigenvalue weighted by atomic mass is 9.76. The Labute approximate surface area is 255 Å². The maximum atomic E-state index is 12.9. The molecule has 3 aliphatic rings. The quantitative estimate of drug-likeness (QED) is 0.197. The van der Waals surface area contributed by atoms with Crippen molar-refractivity contribution in [2.45, 2.75) is 24.7 Å². The van der Waals surface area contributed by atoms with E-state index >= 15 is 0 Å². The second-order valence-corrected chi connectivity index (χ2v) is 12.1. The first kappa shape index (κ1) is 27.2. The molecule has 1 N–H and O–H groups in total. The van der Waals surface area contributed by atoms with Crippen molar-refractivity contribution in [3.05, 3.63) is 135 Å². The largest absolute Gasteiger partial charge is 0.465 e. The fourth-order valence-corrected chi connectivity index (χ4v) is 7.33. The Morgan fingerprint density at radius 1 is 0.884 bits per heavy atom. The maximum Gasteiger partial charge on any atom is 0.337 e. The lowest BCUT2D eigenvalue weighted by Crippen LogP contribution is -2.37.